The SMILES string of the molecule is Cc1ccc(Sc2cccc(F)n2)cc1. The van der Waals surface area contributed by atoms with Crippen molar-refractivity contribution in [3.63, 3.8) is 0 Å². The maximum atomic E-state index is 12.8. The molecule has 0 aliphatic carbocycles. The van der Waals surface area contributed by atoms with E-state index in [9.17, 15) is 4.39 Å². The average molecular weight is 219 g/mol. The van der Waals surface area contributed by atoms with Gasteiger partial charge in [0.2, 0.25) is 5.95 Å². The molecule has 0 atom stereocenters. The fourth-order valence-corrected chi connectivity index (χ4v) is 1.97. The zero-order chi connectivity index (χ0) is 10.7. The Morgan fingerprint density at radius 3 is 2.47 bits per heavy atom. The highest BCUT2D eigenvalue weighted by Crippen LogP contribution is 2.25. The van der Waals surface area contributed by atoms with Gasteiger partial charge >= 0.3 is 0 Å². The van der Waals surface area contributed by atoms with Gasteiger partial charge in [-0.1, -0.05) is 35.5 Å². The minimum Gasteiger partial charge on any atom is -0.213 e. The molecule has 2 rings (SSSR count). The van der Waals surface area contributed by atoms with Crippen molar-refractivity contribution in [2.75, 3.05) is 0 Å². The Bertz CT molecular complexity index is 453. The van der Waals surface area contributed by atoms with E-state index in [2.05, 4.69) is 4.98 Å². The first-order chi connectivity index (χ1) is 7.24. The van der Waals surface area contributed by atoms with Crippen LogP contribution in [0.25, 0.3) is 0 Å². The Morgan fingerprint density at radius 1 is 1.07 bits per heavy atom. The van der Waals surface area contributed by atoms with Gasteiger partial charge in [-0.05, 0) is 31.2 Å². The molecule has 1 aromatic heterocycles. The van der Waals surface area contributed by atoms with Gasteiger partial charge in [0.05, 0.1) is 0 Å². The highest BCUT2D eigenvalue weighted by molar-refractivity contribution is 7.99. The van der Waals surface area contributed by atoms with E-state index in [4.69, 9.17) is 0 Å². The summed E-state index contributed by atoms with van der Waals surface area (Å²) in [6.45, 7) is 2.04. The fraction of sp³-hybridized carbons (Fsp3) is 0.0833. The maximum Gasteiger partial charge on any atom is 0.213 e. The molecule has 76 valence electrons. The van der Waals surface area contributed by atoms with Crippen LogP contribution in [0.1, 0.15) is 5.56 Å². The largest absolute Gasteiger partial charge is 0.213 e. The number of halogens is 1. The van der Waals surface area contributed by atoms with Crippen molar-refractivity contribution in [3.8, 4) is 0 Å². The summed E-state index contributed by atoms with van der Waals surface area (Å²) in [7, 11) is 0. The van der Waals surface area contributed by atoms with Crippen molar-refractivity contribution < 1.29 is 4.39 Å². The summed E-state index contributed by atoms with van der Waals surface area (Å²) in [5.41, 5.74) is 1.21. The van der Waals surface area contributed by atoms with E-state index in [-0.39, 0.29) is 0 Å². The molecule has 3 heteroatoms. The highest BCUT2D eigenvalue weighted by Gasteiger charge is 1.99. The van der Waals surface area contributed by atoms with Gasteiger partial charge in [0.15, 0.2) is 0 Å². The van der Waals surface area contributed by atoms with E-state index < -0.39 is 5.95 Å². The predicted molar refractivity (Wildman–Crippen MR) is 59.5 cm³/mol. The Kier molecular flexibility index (Phi) is 3.02. The lowest BCUT2D eigenvalue weighted by Crippen LogP contribution is -1.84. The quantitative estimate of drug-likeness (QED) is 0.714. The van der Waals surface area contributed by atoms with Gasteiger partial charge in [-0.25, -0.2) is 4.98 Å². The number of aromatic nitrogens is 1. The number of hydrogen-bond acceptors (Lipinski definition) is 2. The minimum atomic E-state index is -0.438. The first-order valence-corrected chi connectivity index (χ1v) is 5.43. The molecule has 1 aromatic carbocycles. The van der Waals surface area contributed by atoms with Gasteiger partial charge in [-0.3, -0.25) is 0 Å². The Hall–Kier alpha value is -1.35. The summed E-state index contributed by atoms with van der Waals surface area (Å²) < 4.78 is 12.8. The van der Waals surface area contributed by atoms with Crippen LogP contribution in [0.2, 0.25) is 0 Å². The van der Waals surface area contributed by atoms with Crippen LogP contribution in [-0.2, 0) is 0 Å². The van der Waals surface area contributed by atoms with E-state index in [1.807, 2.05) is 31.2 Å². The van der Waals surface area contributed by atoms with Crippen molar-refractivity contribution in [1.82, 2.24) is 4.98 Å². The van der Waals surface area contributed by atoms with E-state index in [1.165, 1.54) is 23.4 Å². The molecule has 0 amide bonds. The summed E-state index contributed by atoms with van der Waals surface area (Å²) in [6, 6.07) is 12.9. The Labute approximate surface area is 92.4 Å². The number of nitrogens with zero attached hydrogens (tertiary/aromatic N) is 1. The van der Waals surface area contributed by atoms with E-state index in [1.54, 1.807) is 12.1 Å². The molecule has 1 heterocycles. The van der Waals surface area contributed by atoms with Crippen molar-refractivity contribution in [2.45, 2.75) is 16.8 Å². The van der Waals surface area contributed by atoms with Gasteiger partial charge in [0.1, 0.15) is 5.03 Å². The molecule has 0 saturated heterocycles. The molecule has 0 aliphatic rings. The van der Waals surface area contributed by atoms with Crippen LogP contribution in [0.15, 0.2) is 52.4 Å². The van der Waals surface area contributed by atoms with E-state index in [0.29, 0.717) is 5.03 Å². The van der Waals surface area contributed by atoms with Gasteiger partial charge in [0.25, 0.3) is 0 Å². The molecular formula is C12H10FNS. The minimum absolute atomic E-state index is 0.438. The van der Waals surface area contributed by atoms with Crippen LogP contribution in [0.5, 0.6) is 0 Å². The number of rotatable bonds is 2. The van der Waals surface area contributed by atoms with Crippen LogP contribution in [0.3, 0.4) is 0 Å². The summed E-state index contributed by atoms with van der Waals surface area (Å²) in [4.78, 5) is 4.86. The second-order valence-corrected chi connectivity index (χ2v) is 4.31. The zero-order valence-corrected chi connectivity index (χ0v) is 9.09. The van der Waals surface area contributed by atoms with Crippen LogP contribution in [-0.4, -0.2) is 4.98 Å². The molecule has 15 heavy (non-hydrogen) atoms. The molecule has 0 spiro atoms. The molecule has 0 fully saturated rings. The number of hydrogen-bond donors (Lipinski definition) is 0. The summed E-state index contributed by atoms with van der Waals surface area (Å²) in [5.74, 6) is -0.438. The standard InChI is InChI=1S/C12H10FNS/c1-9-5-7-10(8-6-9)15-12-4-2-3-11(13)14-12/h2-8H,1H3. The lowest BCUT2D eigenvalue weighted by Gasteiger charge is -2.00. The Morgan fingerprint density at radius 2 is 1.80 bits per heavy atom. The third kappa shape index (κ3) is 2.80. The van der Waals surface area contributed by atoms with Crippen molar-refractivity contribution >= 4 is 11.8 Å². The molecule has 0 N–H and O–H groups in total. The van der Waals surface area contributed by atoms with Gasteiger partial charge in [-0.15, -0.1) is 0 Å². The third-order valence-electron chi connectivity index (χ3n) is 1.93. The monoisotopic (exact) mass is 219 g/mol. The molecule has 2 aromatic rings. The first kappa shape index (κ1) is 10.2. The summed E-state index contributed by atoms with van der Waals surface area (Å²) in [5, 5.41) is 0.679. The lowest BCUT2D eigenvalue weighted by atomic mass is 10.2. The van der Waals surface area contributed by atoms with Crippen molar-refractivity contribution in [3.05, 3.63) is 54.0 Å². The average Bonchev–Trinajstić information content (AvgIpc) is 2.22. The fourth-order valence-electron chi connectivity index (χ4n) is 1.17. The number of benzene rings is 1. The number of pyridine rings is 1. The van der Waals surface area contributed by atoms with Gasteiger partial charge in [0, 0.05) is 4.90 Å². The molecular weight excluding hydrogens is 209 g/mol. The summed E-state index contributed by atoms with van der Waals surface area (Å²) >= 11 is 1.46. The molecule has 0 radical (unpaired) electrons. The molecule has 0 saturated carbocycles. The maximum absolute atomic E-state index is 12.8. The highest BCUT2D eigenvalue weighted by atomic mass is 32.2. The van der Waals surface area contributed by atoms with Gasteiger partial charge < -0.3 is 0 Å². The second-order valence-electron chi connectivity index (χ2n) is 3.21. The second kappa shape index (κ2) is 4.45. The molecule has 0 aliphatic heterocycles. The third-order valence-corrected chi connectivity index (χ3v) is 2.88. The van der Waals surface area contributed by atoms with Gasteiger partial charge in [-0.2, -0.15) is 4.39 Å². The topological polar surface area (TPSA) is 12.9 Å². The molecule has 0 unspecified atom stereocenters. The van der Waals surface area contributed by atoms with Crippen molar-refractivity contribution in [1.29, 1.82) is 0 Å². The molecule has 1 nitrogen and oxygen atoms in total. The lowest BCUT2D eigenvalue weighted by molar-refractivity contribution is 0.572. The number of aryl methyl sites for hydroxylation is 1. The summed E-state index contributed by atoms with van der Waals surface area (Å²) in [6.07, 6.45) is 0. The molecule has 0 bridgehead atoms. The van der Waals surface area contributed by atoms with Crippen LogP contribution in [0, 0.1) is 12.9 Å². The van der Waals surface area contributed by atoms with E-state index >= 15 is 0 Å². The van der Waals surface area contributed by atoms with E-state index in [0.717, 1.165) is 4.90 Å². The predicted octanol–water partition coefficient (Wildman–Crippen LogP) is 3.68. The first-order valence-electron chi connectivity index (χ1n) is 4.61. The smallest absolute Gasteiger partial charge is 0.213 e. The van der Waals surface area contributed by atoms with Crippen LogP contribution < -0.4 is 0 Å². The zero-order valence-electron chi connectivity index (χ0n) is 8.27. The Balaban J connectivity index is 2.18. The normalized spacial score (nSPS) is 10.3. The van der Waals surface area contributed by atoms with Crippen molar-refractivity contribution in [2.24, 2.45) is 0 Å². The van der Waals surface area contributed by atoms with Crippen LogP contribution in [0.4, 0.5) is 4.39 Å². The van der Waals surface area contributed by atoms with Crippen LogP contribution >= 0.6 is 11.8 Å².